The van der Waals surface area contributed by atoms with Gasteiger partial charge >= 0.3 is 0 Å². The van der Waals surface area contributed by atoms with E-state index in [1.165, 1.54) is 9.75 Å². The van der Waals surface area contributed by atoms with E-state index in [9.17, 15) is 4.79 Å². The van der Waals surface area contributed by atoms with Crippen LogP contribution in [-0.2, 0) is 4.79 Å². The van der Waals surface area contributed by atoms with Gasteiger partial charge in [0.1, 0.15) is 0 Å². The van der Waals surface area contributed by atoms with Crippen molar-refractivity contribution in [1.82, 2.24) is 0 Å². The van der Waals surface area contributed by atoms with Crippen molar-refractivity contribution in [3.05, 3.63) is 46.2 Å². The highest BCUT2D eigenvalue weighted by atomic mass is 32.1. The van der Waals surface area contributed by atoms with E-state index >= 15 is 0 Å². The third kappa shape index (κ3) is 3.10. The van der Waals surface area contributed by atoms with Crippen molar-refractivity contribution >= 4 is 28.6 Å². The summed E-state index contributed by atoms with van der Waals surface area (Å²) in [5.41, 5.74) is 2.09. The predicted octanol–water partition coefficient (Wildman–Crippen LogP) is 4.36. The summed E-state index contributed by atoms with van der Waals surface area (Å²) in [6.07, 6.45) is 1.64. The Labute approximate surface area is 129 Å². The third-order valence-electron chi connectivity index (χ3n) is 3.82. The van der Waals surface area contributed by atoms with E-state index in [0.717, 1.165) is 24.3 Å². The van der Waals surface area contributed by atoms with Gasteiger partial charge in [0.15, 0.2) is 0 Å². The van der Waals surface area contributed by atoms with Crippen LogP contribution in [0.2, 0.25) is 0 Å². The fourth-order valence-electron chi connectivity index (χ4n) is 2.67. The lowest BCUT2D eigenvalue weighted by Gasteiger charge is -2.18. The molecule has 0 bridgehead atoms. The maximum atomic E-state index is 11.7. The number of hydrogen-bond donors (Lipinski definition) is 1. The molecule has 1 atom stereocenters. The number of carbonyl (C=O) groups excluding carboxylic acids is 1. The molecule has 3 nitrogen and oxygen atoms in total. The van der Waals surface area contributed by atoms with Crippen LogP contribution in [0.25, 0.3) is 0 Å². The van der Waals surface area contributed by atoms with E-state index in [2.05, 4.69) is 43.4 Å². The summed E-state index contributed by atoms with van der Waals surface area (Å²) in [5, 5.41) is 3.51. The first-order valence-electron chi connectivity index (χ1n) is 7.37. The highest BCUT2D eigenvalue weighted by Gasteiger charge is 2.21. The van der Waals surface area contributed by atoms with Crippen molar-refractivity contribution in [2.75, 3.05) is 16.8 Å². The second-order valence-electron chi connectivity index (χ2n) is 5.51. The molecular formula is C17H20N2OS. The van der Waals surface area contributed by atoms with Gasteiger partial charge in [0, 0.05) is 34.1 Å². The Balaban J connectivity index is 1.68. The molecule has 0 saturated carbocycles. The maximum Gasteiger partial charge on any atom is 0.227 e. The summed E-state index contributed by atoms with van der Waals surface area (Å²) in [5.74, 6) is 0.234. The van der Waals surface area contributed by atoms with Crippen molar-refractivity contribution in [2.45, 2.75) is 32.7 Å². The van der Waals surface area contributed by atoms with Crippen LogP contribution in [0.1, 0.15) is 35.6 Å². The van der Waals surface area contributed by atoms with E-state index in [-0.39, 0.29) is 5.91 Å². The van der Waals surface area contributed by atoms with Crippen LogP contribution in [0.5, 0.6) is 0 Å². The van der Waals surface area contributed by atoms with Crippen LogP contribution in [-0.4, -0.2) is 12.5 Å². The summed E-state index contributed by atoms with van der Waals surface area (Å²) < 4.78 is 0. The molecule has 1 saturated heterocycles. The van der Waals surface area contributed by atoms with Gasteiger partial charge in [-0.25, -0.2) is 0 Å². The maximum absolute atomic E-state index is 11.7. The van der Waals surface area contributed by atoms with E-state index in [0.29, 0.717) is 12.5 Å². The standard InChI is InChI=1S/C17H20N2OS/c1-12-5-10-16(21-12)13(2)18-14-6-8-15(9-7-14)19-11-3-4-17(19)20/h5-10,13,18H,3-4,11H2,1-2H3. The molecule has 110 valence electrons. The highest BCUT2D eigenvalue weighted by Crippen LogP contribution is 2.27. The van der Waals surface area contributed by atoms with Gasteiger partial charge in [-0.05, 0) is 56.7 Å². The third-order valence-corrected chi connectivity index (χ3v) is 5.01. The molecule has 1 aromatic carbocycles. The van der Waals surface area contributed by atoms with Crippen molar-refractivity contribution in [2.24, 2.45) is 0 Å². The SMILES string of the molecule is Cc1ccc(C(C)Nc2ccc(N3CCCC3=O)cc2)s1. The van der Waals surface area contributed by atoms with Crippen molar-refractivity contribution < 1.29 is 4.79 Å². The number of amides is 1. The van der Waals surface area contributed by atoms with Gasteiger partial charge in [0.25, 0.3) is 0 Å². The minimum atomic E-state index is 0.234. The Morgan fingerprint density at radius 3 is 2.52 bits per heavy atom. The molecule has 1 N–H and O–H groups in total. The number of aryl methyl sites for hydroxylation is 1. The summed E-state index contributed by atoms with van der Waals surface area (Å²) in [6, 6.07) is 12.8. The van der Waals surface area contributed by atoms with Crippen LogP contribution in [0.15, 0.2) is 36.4 Å². The summed E-state index contributed by atoms with van der Waals surface area (Å²) in [7, 11) is 0. The molecule has 21 heavy (non-hydrogen) atoms. The number of hydrogen-bond acceptors (Lipinski definition) is 3. The topological polar surface area (TPSA) is 32.3 Å². The normalized spacial score (nSPS) is 16.3. The molecule has 1 unspecified atom stereocenters. The molecule has 0 spiro atoms. The van der Waals surface area contributed by atoms with Crippen molar-refractivity contribution in [3.8, 4) is 0 Å². The van der Waals surface area contributed by atoms with E-state index in [1.807, 2.05) is 28.4 Å². The average Bonchev–Trinajstić information content (AvgIpc) is 3.08. The van der Waals surface area contributed by atoms with Gasteiger partial charge in [-0.2, -0.15) is 0 Å². The second kappa shape index (κ2) is 5.90. The van der Waals surface area contributed by atoms with E-state index in [4.69, 9.17) is 0 Å². The monoisotopic (exact) mass is 300 g/mol. The molecule has 0 radical (unpaired) electrons. The lowest BCUT2D eigenvalue weighted by Crippen LogP contribution is -2.23. The second-order valence-corrected chi connectivity index (χ2v) is 6.83. The van der Waals surface area contributed by atoms with Gasteiger partial charge in [-0.1, -0.05) is 0 Å². The summed E-state index contributed by atoms with van der Waals surface area (Å²) in [6.45, 7) is 5.14. The minimum absolute atomic E-state index is 0.234. The predicted molar refractivity (Wildman–Crippen MR) is 89.1 cm³/mol. The number of benzene rings is 1. The van der Waals surface area contributed by atoms with Gasteiger partial charge in [0.2, 0.25) is 5.91 Å². The van der Waals surface area contributed by atoms with Gasteiger partial charge < -0.3 is 10.2 Å². The first-order valence-corrected chi connectivity index (χ1v) is 8.18. The van der Waals surface area contributed by atoms with Crippen molar-refractivity contribution in [1.29, 1.82) is 0 Å². The number of nitrogens with zero attached hydrogens (tertiary/aromatic N) is 1. The van der Waals surface area contributed by atoms with Gasteiger partial charge in [-0.3, -0.25) is 4.79 Å². The van der Waals surface area contributed by atoms with Gasteiger partial charge in [-0.15, -0.1) is 11.3 Å². The quantitative estimate of drug-likeness (QED) is 0.910. The van der Waals surface area contributed by atoms with Crippen LogP contribution in [0.4, 0.5) is 11.4 Å². The first kappa shape index (κ1) is 14.1. The largest absolute Gasteiger partial charge is 0.378 e. The number of rotatable bonds is 4. The molecule has 2 heterocycles. The molecule has 0 aliphatic carbocycles. The molecule has 3 rings (SSSR count). The fraction of sp³-hybridized carbons (Fsp3) is 0.353. The smallest absolute Gasteiger partial charge is 0.227 e. The lowest BCUT2D eigenvalue weighted by molar-refractivity contribution is -0.117. The average molecular weight is 300 g/mol. The molecule has 2 aromatic rings. The Morgan fingerprint density at radius 2 is 1.95 bits per heavy atom. The first-order chi connectivity index (χ1) is 10.1. The lowest BCUT2D eigenvalue weighted by atomic mass is 10.2. The summed E-state index contributed by atoms with van der Waals surface area (Å²) >= 11 is 1.82. The zero-order valence-corrected chi connectivity index (χ0v) is 13.2. The van der Waals surface area contributed by atoms with Crippen molar-refractivity contribution in [3.63, 3.8) is 0 Å². The van der Waals surface area contributed by atoms with Crippen LogP contribution in [0, 0.1) is 6.92 Å². The van der Waals surface area contributed by atoms with Crippen LogP contribution < -0.4 is 10.2 Å². The number of nitrogens with one attached hydrogen (secondary N) is 1. The Morgan fingerprint density at radius 1 is 1.19 bits per heavy atom. The minimum Gasteiger partial charge on any atom is -0.378 e. The number of thiophene rings is 1. The molecular weight excluding hydrogens is 280 g/mol. The van der Waals surface area contributed by atoms with Gasteiger partial charge in [0.05, 0.1) is 6.04 Å². The fourth-order valence-corrected chi connectivity index (χ4v) is 3.55. The Bertz CT molecular complexity index is 632. The van der Waals surface area contributed by atoms with Crippen LogP contribution >= 0.6 is 11.3 Å². The molecule has 1 aliphatic heterocycles. The van der Waals surface area contributed by atoms with E-state index in [1.54, 1.807) is 0 Å². The highest BCUT2D eigenvalue weighted by molar-refractivity contribution is 7.12. The molecule has 1 aromatic heterocycles. The Hall–Kier alpha value is -1.81. The molecule has 1 aliphatic rings. The number of anilines is 2. The number of carbonyl (C=O) groups is 1. The zero-order valence-electron chi connectivity index (χ0n) is 12.4. The molecule has 4 heteroatoms. The molecule has 1 fully saturated rings. The van der Waals surface area contributed by atoms with Crippen LogP contribution in [0.3, 0.4) is 0 Å². The molecule has 1 amide bonds. The van der Waals surface area contributed by atoms with E-state index < -0.39 is 0 Å². The summed E-state index contributed by atoms with van der Waals surface area (Å²) in [4.78, 5) is 16.3. The zero-order chi connectivity index (χ0) is 14.8. The Kier molecular flexibility index (Phi) is 3.97.